The van der Waals surface area contributed by atoms with Crippen molar-refractivity contribution in [2.24, 2.45) is 0 Å². The van der Waals surface area contributed by atoms with Gasteiger partial charge in [-0.05, 0) is 26.7 Å². The minimum atomic E-state index is -0.358. The zero-order valence-corrected chi connectivity index (χ0v) is 10.3. The van der Waals surface area contributed by atoms with Gasteiger partial charge in [-0.15, -0.1) is 0 Å². The minimum absolute atomic E-state index is 0.189. The van der Waals surface area contributed by atoms with Crippen LogP contribution in [0, 0.1) is 12.7 Å². The predicted octanol–water partition coefficient (Wildman–Crippen LogP) is 2.08. The second kappa shape index (κ2) is 5.40. The highest BCUT2D eigenvalue weighted by atomic mass is 19.1. The molecule has 0 bridgehead atoms. The van der Waals surface area contributed by atoms with Gasteiger partial charge < -0.3 is 10.1 Å². The molecule has 1 unspecified atom stereocenters. The van der Waals surface area contributed by atoms with E-state index in [1.807, 2.05) is 6.92 Å². The van der Waals surface area contributed by atoms with E-state index in [-0.39, 0.29) is 11.9 Å². The second-order valence-corrected chi connectivity index (χ2v) is 4.26. The molecular weight excluding hydrogens is 221 g/mol. The molecule has 1 aromatic heterocycles. The van der Waals surface area contributed by atoms with Crippen molar-refractivity contribution < 1.29 is 9.13 Å². The van der Waals surface area contributed by atoms with Gasteiger partial charge in [-0.2, -0.15) is 0 Å². The summed E-state index contributed by atoms with van der Waals surface area (Å²) in [7, 11) is 0. The molecule has 0 aliphatic carbocycles. The Morgan fingerprint density at radius 3 is 2.94 bits per heavy atom. The first kappa shape index (κ1) is 12.2. The fourth-order valence-corrected chi connectivity index (χ4v) is 2.00. The lowest BCUT2D eigenvalue weighted by Crippen LogP contribution is -2.15. The zero-order valence-electron chi connectivity index (χ0n) is 10.3. The maximum absolute atomic E-state index is 13.7. The molecular formula is C12H18FN3O. The molecule has 1 atom stereocenters. The third kappa shape index (κ3) is 2.91. The molecule has 94 valence electrons. The Hall–Kier alpha value is -1.23. The lowest BCUT2D eigenvalue weighted by molar-refractivity contribution is 0.110. The van der Waals surface area contributed by atoms with Gasteiger partial charge in [-0.1, -0.05) is 0 Å². The summed E-state index contributed by atoms with van der Waals surface area (Å²) in [5.41, 5.74) is 0.393. The molecule has 1 aliphatic heterocycles. The maximum atomic E-state index is 13.7. The molecule has 0 aromatic carbocycles. The molecule has 2 rings (SSSR count). The Morgan fingerprint density at radius 1 is 1.47 bits per heavy atom. The van der Waals surface area contributed by atoms with Crippen molar-refractivity contribution in [2.45, 2.75) is 39.2 Å². The van der Waals surface area contributed by atoms with E-state index in [1.165, 1.54) is 0 Å². The summed E-state index contributed by atoms with van der Waals surface area (Å²) >= 11 is 0. The van der Waals surface area contributed by atoms with Crippen LogP contribution >= 0.6 is 0 Å². The number of hydrogen-bond acceptors (Lipinski definition) is 4. The molecule has 1 saturated heterocycles. The van der Waals surface area contributed by atoms with Crippen LogP contribution in [0.1, 0.15) is 31.3 Å². The molecule has 5 heteroatoms. The molecule has 4 nitrogen and oxygen atoms in total. The van der Waals surface area contributed by atoms with E-state index in [2.05, 4.69) is 15.3 Å². The summed E-state index contributed by atoms with van der Waals surface area (Å²) in [6, 6.07) is 0. The van der Waals surface area contributed by atoms with Crippen LogP contribution in [-0.4, -0.2) is 29.2 Å². The number of rotatable bonds is 4. The Balaban J connectivity index is 2.16. The SMILES string of the molecule is CCNc1nc(CC2CCCO2)nc(C)c1F. The number of hydrogen-bond donors (Lipinski definition) is 1. The summed E-state index contributed by atoms with van der Waals surface area (Å²) in [6.07, 6.45) is 2.98. The van der Waals surface area contributed by atoms with Gasteiger partial charge in [0.05, 0.1) is 11.8 Å². The van der Waals surface area contributed by atoms with Crippen molar-refractivity contribution in [3.8, 4) is 0 Å². The third-order valence-electron chi connectivity index (χ3n) is 2.84. The molecule has 1 N–H and O–H groups in total. The van der Waals surface area contributed by atoms with Crippen molar-refractivity contribution >= 4 is 5.82 Å². The van der Waals surface area contributed by atoms with Crippen LogP contribution in [0.25, 0.3) is 0 Å². The van der Waals surface area contributed by atoms with Crippen LogP contribution in [0.3, 0.4) is 0 Å². The first-order valence-electron chi connectivity index (χ1n) is 6.09. The molecule has 1 aliphatic rings. The van der Waals surface area contributed by atoms with Crippen molar-refractivity contribution in [3.05, 3.63) is 17.3 Å². The van der Waals surface area contributed by atoms with Crippen LogP contribution in [0.4, 0.5) is 10.2 Å². The van der Waals surface area contributed by atoms with Crippen molar-refractivity contribution in [1.82, 2.24) is 9.97 Å². The van der Waals surface area contributed by atoms with Crippen LogP contribution in [0.15, 0.2) is 0 Å². The average molecular weight is 239 g/mol. The van der Waals surface area contributed by atoms with E-state index in [0.29, 0.717) is 30.3 Å². The number of aryl methyl sites for hydroxylation is 1. The molecule has 1 fully saturated rings. The summed E-state index contributed by atoms with van der Waals surface area (Å²) in [5, 5.41) is 2.92. The maximum Gasteiger partial charge on any atom is 0.186 e. The smallest absolute Gasteiger partial charge is 0.186 e. The number of nitrogens with one attached hydrogen (secondary N) is 1. The Labute approximate surface area is 101 Å². The highest BCUT2D eigenvalue weighted by Crippen LogP contribution is 2.18. The van der Waals surface area contributed by atoms with Crippen molar-refractivity contribution in [3.63, 3.8) is 0 Å². The Bertz CT molecular complexity index is 392. The summed E-state index contributed by atoms with van der Waals surface area (Å²) in [4.78, 5) is 8.38. The number of nitrogens with zero attached hydrogens (tertiary/aromatic N) is 2. The van der Waals surface area contributed by atoms with Crippen molar-refractivity contribution in [1.29, 1.82) is 0 Å². The second-order valence-electron chi connectivity index (χ2n) is 4.26. The van der Waals surface area contributed by atoms with Gasteiger partial charge >= 0.3 is 0 Å². The van der Waals surface area contributed by atoms with E-state index in [4.69, 9.17) is 4.74 Å². The predicted molar refractivity (Wildman–Crippen MR) is 63.6 cm³/mol. The summed E-state index contributed by atoms with van der Waals surface area (Å²) in [6.45, 7) is 5.03. The van der Waals surface area contributed by atoms with E-state index in [9.17, 15) is 4.39 Å². The number of aromatic nitrogens is 2. The van der Waals surface area contributed by atoms with E-state index >= 15 is 0 Å². The Morgan fingerprint density at radius 2 is 2.29 bits per heavy atom. The lowest BCUT2D eigenvalue weighted by Gasteiger charge is -2.11. The molecule has 2 heterocycles. The minimum Gasteiger partial charge on any atom is -0.378 e. The standard InChI is InChI=1S/C12H18FN3O/c1-3-14-12-11(13)8(2)15-10(16-12)7-9-5-4-6-17-9/h9H,3-7H2,1-2H3,(H,14,15,16). The fraction of sp³-hybridized carbons (Fsp3) is 0.667. The molecule has 0 saturated carbocycles. The number of ether oxygens (including phenoxy) is 1. The highest BCUT2D eigenvalue weighted by molar-refractivity contribution is 5.37. The Kier molecular flexibility index (Phi) is 3.89. The molecule has 0 radical (unpaired) electrons. The quantitative estimate of drug-likeness (QED) is 0.873. The van der Waals surface area contributed by atoms with Crippen LogP contribution in [0.5, 0.6) is 0 Å². The van der Waals surface area contributed by atoms with Gasteiger partial charge in [-0.25, -0.2) is 14.4 Å². The first-order chi connectivity index (χ1) is 8.20. The monoisotopic (exact) mass is 239 g/mol. The molecule has 17 heavy (non-hydrogen) atoms. The summed E-state index contributed by atoms with van der Waals surface area (Å²) < 4.78 is 19.2. The molecule has 1 aromatic rings. The van der Waals surface area contributed by atoms with E-state index in [1.54, 1.807) is 6.92 Å². The largest absolute Gasteiger partial charge is 0.378 e. The van der Waals surface area contributed by atoms with Gasteiger partial charge in [-0.3, -0.25) is 0 Å². The third-order valence-corrected chi connectivity index (χ3v) is 2.84. The summed E-state index contributed by atoms with van der Waals surface area (Å²) in [5.74, 6) is 0.600. The number of anilines is 1. The van der Waals surface area contributed by atoms with Gasteiger partial charge in [0.25, 0.3) is 0 Å². The highest BCUT2D eigenvalue weighted by Gasteiger charge is 2.19. The zero-order chi connectivity index (χ0) is 12.3. The van der Waals surface area contributed by atoms with Crippen molar-refractivity contribution in [2.75, 3.05) is 18.5 Å². The van der Waals surface area contributed by atoms with Crippen LogP contribution in [-0.2, 0) is 11.2 Å². The van der Waals surface area contributed by atoms with Gasteiger partial charge in [0.1, 0.15) is 5.82 Å². The van der Waals surface area contributed by atoms with Crippen LogP contribution < -0.4 is 5.32 Å². The normalized spacial score (nSPS) is 19.6. The first-order valence-corrected chi connectivity index (χ1v) is 6.09. The van der Waals surface area contributed by atoms with Crippen LogP contribution in [0.2, 0.25) is 0 Å². The number of halogens is 1. The van der Waals surface area contributed by atoms with Gasteiger partial charge in [0.15, 0.2) is 11.6 Å². The van der Waals surface area contributed by atoms with Gasteiger partial charge in [0, 0.05) is 19.6 Å². The topological polar surface area (TPSA) is 47.0 Å². The average Bonchev–Trinajstić information content (AvgIpc) is 2.78. The van der Waals surface area contributed by atoms with E-state index < -0.39 is 0 Å². The molecule has 0 spiro atoms. The lowest BCUT2D eigenvalue weighted by atomic mass is 10.2. The molecule has 0 amide bonds. The van der Waals surface area contributed by atoms with Gasteiger partial charge in [0.2, 0.25) is 0 Å². The fourth-order valence-electron chi connectivity index (χ4n) is 2.00. The van der Waals surface area contributed by atoms with E-state index in [0.717, 1.165) is 19.4 Å².